The molecule has 1 aromatic heterocycles. The SMILES string of the molecule is CN=C(C(=CN)CN(C)C)c1cc(OC2CN(C(=O)N3N=CC[C@H]3c3cc(F)cc(F)c3)C2)c(F)cn1. The van der Waals surface area contributed by atoms with Crippen LogP contribution < -0.4 is 10.5 Å². The zero-order valence-corrected chi connectivity index (χ0v) is 20.7. The average molecular weight is 516 g/mol. The van der Waals surface area contributed by atoms with Crippen LogP contribution in [0.5, 0.6) is 5.75 Å². The molecule has 0 aliphatic carbocycles. The normalized spacial score (nSPS) is 18.5. The number of likely N-dealkylation sites (tertiary alicyclic amines) is 1. The molecule has 1 fully saturated rings. The van der Waals surface area contributed by atoms with Crippen LogP contribution in [0, 0.1) is 17.5 Å². The summed E-state index contributed by atoms with van der Waals surface area (Å²) < 4.78 is 47.7. The van der Waals surface area contributed by atoms with Crippen LogP contribution in [0.3, 0.4) is 0 Å². The van der Waals surface area contributed by atoms with E-state index in [1.165, 1.54) is 40.5 Å². The average Bonchev–Trinajstić information content (AvgIpc) is 3.31. The van der Waals surface area contributed by atoms with Crippen LogP contribution in [-0.2, 0) is 0 Å². The van der Waals surface area contributed by atoms with Crippen LogP contribution in [0.1, 0.15) is 23.7 Å². The predicted molar refractivity (Wildman–Crippen MR) is 133 cm³/mol. The number of hydrazone groups is 1. The maximum Gasteiger partial charge on any atom is 0.341 e. The highest BCUT2D eigenvalue weighted by Gasteiger charge is 2.39. The van der Waals surface area contributed by atoms with Crippen molar-refractivity contribution in [3.63, 3.8) is 0 Å². The van der Waals surface area contributed by atoms with E-state index in [0.29, 0.717) is 29.9 Å². The molecular formula is C25H28F3N7O2. The highest BCUT2D eigenvalue weighted by atomic mass is 19.1. The Morgan fingerprint density at radius 1 is 1.22 bits per heavy atom. The van der Waals surface area contributed by atoms with E-state index in [1.54, 1.807) is 7.05 Å². The molecule has 0 radical (unpaired) electrons. The standard InChI is InChI=1S/C25H28F3N7O2/c1-30-24(16(10-29)12-33(2)3)21-9-23(20(28)11-31-21)37-19-13-34(14-19)25(36)35-22(4-5-32-35)15-6-17(26)8-18(27)7-15/h5-11,19,22H,4,12-14,29H2,1-3H3/t22-/m0/s1. The molecule has 1 atom stereocenters. The molecule has 12 heteroatoms. The summed E-state index contributed by atoms with van der Waals surface area (Å²) in [6.07, 6.45) is 3.90. The number of ether oxygens (including phenoxy) is 1. The lowest BCUT2D eigenvalue weighted by Crippen LogP contribution is -2.58. The number of halogens is 3. The molecule has 0 bridgehead atoms. The predicted octanol–water partition coefficient (Wildman–Crippen LogP) is 2.94. The second-order valence-electron chi connectivity index (χ2n) is 9.03. The van der Waals surface area contributed by atoms with Gasteiger partial charge in [-0.3, -0.25) is 9.98 Å². The van der Waals surface area contributed by atoms with E-state index in [1.807, 2.05) is 19.0 Å². The molecule has 2 aliphatic rings. The third-order valence-electron chi connectivity index (χ3n) is 5.99. The third-order valence-corrected chi connectivity index (χ3v) is 5.99. The Bertz CT molecular complexity index is 1240. The molecule has 9 nitrogen and oxygen atoms in total. The van der Waals surface area contributed by atoms with E-state index >= 15 is 0 Å². The topological polar surface area (TPSA) is 99.6 Å². The summed E-state index contributed by atoms with van der Waals surface area (Å²) in [5, 5.41) is 5.29. The fourth-order valence-corrected chi connectivity index (χ4v) is 4.25. The minimum Gasteiger partial charge on any atom is -0.483 e. The molecule has 37 heavy (non-hydrogen) atoms. The van der Waals surface area contributed by atoms with Gasteiger partial charge in [-0.05, 0) is 31.8 Å². The van der Waals surface area contributed by atoms with Crippen LogP contribution in [0.2, 0.25) is 0 Å². The van der Waals surface area contributed by atoms with Gasteiger partial charge in [-0.25, -0.2) is 23.0 Å². The lowest BCUT2D eigenvalue weighted by molar-refractivity contribution is 0.0256. The van der Waals surface area contributed by atoms with Gasteiger partial charge < -0.3 is 20.3 Å². The van der Waals surface area contributed by atoms with Crippen molar-refractivity contribution < 1.29 is 22.7 Å². The first-order chi connectivity index (χ1) is 17.7. The number of aromatic nitrogens is 1. The van der Waals surface area contributed by atoms with Gasteiger partial charge in [-0.1, -0.05) is 0 Å². The summed E-state index contributed by atoms with van der Waals surface area (Å²) in [6, 6.07) is 3.56. The van der Waals surface area contributed by atoms with Crippen molar-refractivity contribution >= 4 is 18.0 Å². The summed E-state index contributed by atoms with van der Waals surface area (Å²) in [5.41, 5.74) is 7.73. The van der Waals surface area contributed by atoms with Gasteiger partial charge in [-0.2, -0.15) is 5.10 Å². The molecule has 4 rings (SSSR count). The van der Waals surface area contributed by atoms with Gasteiger partial charge in [0.25, 0.3) is 0 Å². The molecule has 196 valence electrons. The Labute approximate surface area is 212 Å². The molecule has 2 aromatic rings. The molecular weight excluding hydrogens is 487 g/mol. The maximum atomic E-state index is 14.5. The zero-order valence-electron chi connectivity index (χ0n) is 20.7. The first-order valence-electron chi connectivity index (χ1n) is 11.6. The van der Waals surface area contributed by atoms with Crippen molar-refractivity contribution in [2.75, 3.05) is 40.8 Å². The number of amides is 2. The zero-order chi connectivity index (χ0) is 26.7. The van der Waals surface area contributed by atoms with Crippen LogP contribution in [0.4, 0.5) is 18.0 Å². The first kappa shape index (κ1) is 26.1. The highest BCUT2D eigenvalue weighted by Crippen LogP contribution is 2.32. The molecule has 1 saturated heterocycles. The molecule has 0 unspecified atom stereocenters. The van der Waals surface area contributed by atoms with Crippen molar-refractivity contribution in [1.82, 2.24) is 19.8 Å². The molecule has 1 aromatic carbocycles. The Morgan fingerprint density at radius 2 is 1.92 bits per heavy atom. The number of aliphatic imine (C=N–C) groups is 1. The molecule has 2 aliphatic heterocycles. The van der Waals surface area contributed by atoms with Crippen molar-refractivity contribution in [2.24, 2.45) is 15.8 Å². The summed E-state index contributed by atoms with van der Waals surface area (Å²) >= 11 is 0. The van der Waals surface area contributed by atoms with Crippen LogP contribution in [0.15, 0.2) is 52.3 Å². The monoisotopic (exact) mass is 515 g/mol. The Balaban J connectivity index is 1.41. The van der Waals surface area contributed by atoms with Crippen LogP contribution >= 0.6 is 0 Å². The number of pyridine rings is 1. The number of nitrogens with zero attached hydrogens (tertiary/aromatic N) is 6. The lowest BCUT2D eigenvalue weighted by Gasteiger charge is -2.41. The van der Waals surface area contributed by atoms with Gasteiger partial charge in [-0.15, -0.1) is 0 Å². The fourth-order valence-electron chi connectivity index (χ4n) is 4.25. The van der Waals surface area contributed by atoms with E-state index in [2.05, 4.69) is 15.1 Å². The molecule has 0 saturated carbocycles. The smallest absolute Gasteiger partial charge is 0.341 e. The fraction of sp³-hybridized carbons (Fsp3) is 0.360. The van der Waals surface area contributed by atoms with Gasteiger partial charge in [0.2, 0.25) is 0 Å². The molecule has 3 heterocycles. The first-order valence-corrected chi connectivity index (χ1v) is 11.6. The number of benzene rings is 1. The quantitative estimate of drug-likeness (QED) is 0.572. The van der Waals surface area contributed by atoms with Gasteiger partial charge >= 0.3 is 6.03 Å². The van der Waals surface area contributed by atoms with Gasteiger partial charge in [0, 0.05) is 50.1 Å². The van der Waals surface area contributed by atoms with Crippen molar-refractivity contribution in [3.8, 4) is 5.75 Å². The molecule has 2 amide bonds. The number of nitrogens with two attached hydrogens (primary N) is 1. The minimum atomic E-state index is -0.725. The lowest BCUT2D eigenvalue weighted by atomic mass is 10.0. The number of likely N-dealkylation sites (N-methyl/N-ethyl adjacent to an activating group) is 1. The van der Waals surface area contributed by atoms with E-state index < -0.39 is 35.6 Å². The summed E-state index contributed by atoms with van der Waals surface area (Å²) in [7, 11) is 5.38. The van der Waals surface area contributed by atoms with E-state index in [4.69, 9.17) is 10.5 Å². The molecule has 2 N–H and O–H groups in total. The number of carbonyl (C=O) groups is 1. The van der Waals surface area contributed by atoms with Gasteiger partial charge in [0.15, 0.2) is 11.6 Å². The Morgan fingerprint density at radius 3 is 2.54 bits per heavy atom. The second kappa shape index (κ2) is 11.0. The second-order valence-corrected chi connectivity index (χ2v) is 9.03. The summed E-state index contributed by atoms with van der Waals surface area (Å²) in [6.45, 7) is 0.894. The van der Waals surface area contributed by atoms with E-state index in [9.17, 15) is 18.0 Å². The van der Waals surface area contributed by atoms with Crippen molar-refractivity contribution in [3.05, 3.63) is 70.9 Å². The maximum absolute atomic E-state index is 14.5. The molecule has 0 spiro atoms. The van der Waals surface area contributed by atoms with E-state index in [0.717, 1.165) is 17.8 Å². The van der Waals surface area contributed by atoms with Gasteiger partial charge in [0.05, 0.1) is 36.7 Å². The number of urea groups is 1. The Hall–Kier alpha value is -3.93. The summed E-state index contributed by atoms with van der Waals surface area (Å²) in [4.78, 5) is 24.8. The van der Waals surface area contributed by atoms with Crippen LogP contribution in [-0.4, -0.2) is 84.6 Å². The minimum absolute atomic E-state index is 0.0169. The van der Waals surface area contributed by atoms with Crippen molar-refractivity contribution in [1.29, 1.82) is 0 Å². The Kier molecular flexibility index (Phi) is 7.77. The van der Waals surface area contributed by atoms with Crippen molar-refractivity contribution in [2.45, 2.75) is 18.6 Å². The number of rotatable bonds is 7. The number of hydrogen-bond donors (Lipinski definition) is 1. The summed E-state index contributed by atoms with van der Waals surface area (Å²) in [5.74, 6) is -2.11. The number of hydrogen-bond acceptors (Lipinski definition) is 7. The van der Waals surface area contributed by atoms with E-state index in [-0.39, 0.29) is 18.8 Å². The largest absolute Gasteiger partial charge is 0.483 e. The highest BCUT2D eigenvalue weighted by molar-refractivity contribution is 6.11. The third kappa shape index (κ3) is 5.74. The van der Waals surface area contributed by atoms with Gasteiger partial charge in [0.1, 0.15) is 17.7 Å². The van der Waals surface area contributed by atoms with Crippen LogP contribution in [0.25, 0.3) is 0 Å². The number of carbonyl (C=O) groups excluding carboxylic acids is 1.